The minimum absolute atomic E-state index is 0.0503. The molecule has 1 N–H and O–H groups in total. The normalized spacial score (nSPS) is 11.2. The Kier molecular flexibility index (Phi) is 6.21. The molecule has 0 heterocycles. The number of hydrogen-bond acceptors (Lipinski definition) is 4. The van der Waals surface area contributed by atoms with Crippen LogP contribution in [0.25, 0.3) is 0 Å². The van der Waals surface area contributed by atoms with E-state index in [2.05, 4.69) is 20.7 Å². The fourth-order valence-corrected chi connectivity index (χ4v) is 3.52. The van der Waals surface area contributed by atoms with Crippen molar-refractivity contribution in [2.75, 3.05) is 21.2 Å². The van der Waals surface area contributed by atoms with Gasteiger partial charge >= 0.3 is 0 Å². The van der Waals surface area contributed by atoms with Crippen molar-refractivity contribution in [3.8, 4) is 5.75 Å². The molecule has 0 fully saturated rings. The summed E-state index contributed by atoms with van der Waals surface area (Å²) in [5, 5.41) is 0. The van der Waals surface area contributed by atoms with Crippen molar-refractivity contribution in [2.24, 2.45) is 0 Å². The van der Waals surface area contributed by atoms with E-state index in [4.69, 9.17) is 4.74 Å². The maximum atomic E-state index is 12.7. The number of nitrogens with one attached hydrogen (secondary N) is 1. The number of amides is 1. The Hall–Kier alpha value is -1.90. The van der Waals surface area contributed by atoms with Crippen LogP contribution in [0.5, 0.6) is 5.75 Å². The van der Waals surface area contributed by atoms with Crippen LogP contribution < -0.4 is 9.46 Å². The number of sulfonamides is 1. The summed E-state index contributed by atoms with van der Waals surface area (Å²) in [5.74, 6) is 0.393. The Morgan fingerprint density at radius 2 is 1.96 bits per heavy atom. The molecule has 0 aliphatic heterocycles. The number of benzene rings is 2. The van der Waals surface area contributed by atoms with Crippen LogP contribution in [-0.4, -0.2) is 40.4 Å². The molecule has 0 atom stereocenters. The molecule has 134 valence electrons. The van der Waals surface area contributed by atoms with Gasteiger partial charge in [0.15, 0.2) is 0 Å². The highest BCUT2D eigenvalue weighted by atomic mass is 79.9. The molecular formula is C17H19BrN2O4S. The van der Waals surface area contributed by atoms with Gasteiger partial charge in [0.1, 0.15) is 5.75 Å². The molecule has 25 heavy (non-hydrogen) atoms. The Bertz CT molecular complexity index is 884. The highest BCUT2D eigenvalue weighted by Gasteiger charge is 2.18. The van der Waals surface area contributed by atoms with Crippen molar-refractivity contribution in [3.05, 3.63) is 58.1 Å². The standard InChI is InChI=1S/C17H19BrN2O4S/c1-19-25(22,23)15-6-4-5-12(10-15)17(21)20(2)11-13-9-14(18)7-8-16(13)24-3/h4-10,19H,11H2,1-3H3. The fourth-order valence-electron chi connectivity index (χ4n) is 2.33. The molecule has 0 bridgehead atoms. The summed E-state index contributed by atoms with van der Waals surface area (Å²) in [4.78, 5) is 14.2. The Morgan fingerprint density at radius 1 is 1.24 bits per heavy atom. The van der Waals surface area contributed by atoms with Crippen LogP contribution in [0.3, 0.4) is 0 Å². The molecule has 2 rings (SSSR count). The number of hydrogen-bond donors (Lipinski definition) is 1. The summed E-state index contributed by atoms with van der Waals surface area (Å²) in [7, 11) is 0.952. The van der Waals surface area contributed by atoms with Crippen molar-refractivity contribution >= 4 is 31.9 Å². The van der Waals surface area contributed by atoms with Gasteiger partial charge in [-0.25, -0.2) is 13.1 Å². The number of nitrogens with zero attached hydrogens (tertiary/aromatic N) is 1. The van der Waals surface area contributed by atoms with Gasteiger partial charge in [-0.15, -0.1) is 0 Å². The zero-order valence-electron chi connectivity index (χ0n) is 14.1. The van der Waals surface area contributed by atoms with Gasteiger partial charge in [-0.3, -0.25) is 4.79 Å². The van der Waals surface area contributed by atoms with Gasteiger partial charge in [0, 0.05) is 29.2 Å². The molecule has 0 saturated heterocycles. The largest absolute Gasteiger partial charge is 0.496 e. The van der Waals surface area contributed by atoms with Gasteiger partial charge in [-0.1, -0.05) is 22.0 Å². The van der Waals surface area contributed by atoms with Gasteiger partial charge in [0.25, 0.3) is 5.91 Å². The van der Waals surface area contributed by atoms with Crippen LogP contribution in [-0.2, 0) is 16.6 Å². The van der Waals surface area contributed by atoms with E-state index in [9.17, 15) is 13.2 Å². The van der Waals surface area contributed by atoms with E-state index in [0.717, 1.165) is 10.0 Å². The average molecular weight is 427 g/mol. The van der Waals surface area contributed by atoms with E-state index in [1.165, 1.54) is 24.1 Å². The second-order valence-electron chi connectivity index (χ2n) is 5.35. The zero-order valence-corrected chi connectivity index (χ0v) is 16.5. The van der Waals surface area contributed by atoms with E-state index in [1.807, 2.05) is 18.2 Å². The number of halogens is 1. The zero-order chi connectivity index (χ0) is 18.6. The topological polar surface area (TPSA) is 75.7 Å². The molecule has 8 heteroatoms. The van der Waals surface area contributed by atoms with E-state index < -0.39 is 10.0 Å². The Balaban J connectivity index is 2.27. The first-order valence-electron chi connectivity index (χ1n) is 7.40. The summed E-state index contributed by atoms with van der Waals surface area (Å²) in [5.41, 5.74) is 1.14. The van der Waals surface area contributed by atoms with Crippen molar-refractivity contribution in [1.29, 1.82) is 0 Å². The molecule has 0 saturated carbocycles. The summed E-state index contributed by atoms with van der Waals surface area (Å²) in [6, 6.07) is 11.5. The third-order valence-electron chi connectivity index (χ3n) is 3.66. The summed E-state index contributed by atoms with van der Waals surface area (Å²) >= 11 is 3.40. The lowest BCUT2D eigenvalue weighted by atomic mass is 10.1. The molecular weight excluding hydrogens is 408 g/mol. The highest BCUT2D eigenvalue weighted by molar-refractivity contribution is 9.10. The molecule has 2 aromatic carbocycles. The van der Waals surface area contributed by atoms with Gasteiger partial charge in [0.05, 0.1) is 12.0 Å². The number of carbonyl (C=O) groups is 1. The van der Waals surface area contributed by atoms with Crippen LogP contribution in [0.15, 0.2) is 51.8 Å². The molecule has 2 aromatic rings. The van der Waals surface area contributed by atoms with Crippen LogP contribution in [0, 0.1) is 0 Å². The lowest BCUT2D eigenvalue weighted by molar-refractivity contribution is 0.0784. The predicted molar refractivity (Wildman–Crippen MR) is 99.2 cm³/mol. The van der Waals surface area contributed by atoms with Crippen LogP contribution >= 0.6 is 15.9 Å². The lowest BCUT2D eigenvalue weighted by Gasteiger charge is -2.19. The molecule has 6 nitrogen and oxygen atoms in total. The molecule has 0 aliphatic rings. The first kappa shape index (κ1) is 19.4. The summed E-state index contributed by atoms with van der Waals surface area (Å²) in [6.07, 6.45) is 0. The van der Waals surface area contributed by atoms with E-state index in [0.29, 0.717) is 17.9 Å². The fraction of sp³-hybridized carbons (Fsp3) is 0.235. The van der Waals surface area contributed by atoms with E-state index in [-0.39, 0.29) is 10.8 Å². The maximum absolute atomic E-state index is 12.7. The second kappa shape index (κ2) is 7.99. The van der Waals surface area contributed by atoms with Crippen LogP contribution in [0.2, 0.25) is 0 Å². The molecule has 0 aromatic heterocycles. The number of ether oxygens (including phenoxy) is 1. The van der Waals surface area contributed by atoms with E-state index >= 15 is 0 Å². The van der Waals surface area contributed by atoms with Crippen molar-refractivity contribution in [3.63, 3.8) is 0 Å². The quantitative estimate of drug-likeness (QED) is 0.769. The first-order chi connectivity index (χ1) is 11.8. The second-order valence-corrected chi connectivity index (χ2v) is 8.15. The monoisotopic (exact) mass is 426 g/mol. The predicted octanol–water partition coefficient (Wildman–Crippen LogP) is 2.64. The van der Waals surface area contributed by atoms with Gasteiger partial charge < -0.3 is 9.64 Å². The molecule has 0 spiro atoms. The Labute approximate surface area is 156 Å². The SMILES string of the molecule is CNS(=O)(=O)c1cccc(C(=O)N(C)Cc2cc(Br)ccc2OC)c1. The average Bonchev–Trinajstić information content (AvgIpc) is 2.61. The first-order valence-corrected chi connectivity index (χ1v) is 9.67. The van der Waals surface area contributed by atoms with Crippen LogP contribution in [0.1, 0.15) is 15.9 Å². The number of rotatable bonds is 6. The van der Waals surface area contributed by atoms with Gasteiger partial charge in [0.2, 0.25) is 10.0 Å². The van der Waals surface area contributed by atoms with E-state index in [1.54, 1.807) is 26.3 Å². The molecule has 1 amide bonds. The number of carbonyl (C=O) groups excluding carboxylic acids is 1. The van der Waals surface area contributed by atoms with Gasteiger partial charge in [-0.05, 0) is 43.4 Å². The number of methoxy groups -OCH3 is 1. The minimum Gasteiger partial charge on any atom is -0.496 e. The van der Waals surface area contributed by atoms with Crippen LogP contribution in [0.4, 0.5) is 0 Å². The smallest absolute Gasteiger partial charge is 0.253 e. The lowest BCUT2D eigenvalue weighted by Crippen LogP contribution is -2.27. The van der Waals surface area contributed by atoms with Gasteiger partial charge in [-0.2, -0.15) is 0 Å². The third kappa shape index (κ3) is 4.59. The maximum Gasteiger partial charge on any atom is 0.253 e. The summed E-state index contributed by atoms with van der Waals surface area (Å²) < 4.78 is 32.2. The van der Waals surface area contributed by atoms with Crippen molar-refractivity contribution in [1.82, 2.24) is 9.62 Å². The summed E-state index contributed by atoms with van der Waals surface area (Å²) in [6.45, 7) is 0.324. The Morgan fingerprint density at radius 3 is 2.60 bits per heavy atom. The van der Waals surface area contributed by atoms with Crippen molar-refractivity contribution < 1.29 is 17.9 Å². The molecule has 0 radical (unpaired) electrons. The van der Waals surface area contributed by atoms with Crippen molar-refractivity contribution in [2.45, 2.75) is 11.4 Å². The highest BCUT2D eigenvalue weighted by Crippen LogP contribution is 2.24. The molecule has 0 unspecified atom stereocenters. The molecule has 0 aliphatic carbocycles. The third-order valence-corrected chi connectivity index (χ3v) is 5.56. The minimum atomic E-state index is -3.60.